The molecule has 0 aliphatic heterocycles. The molecule has 1 amide bonds. The highest BCUT2D eigenvalue weighted by Crippen LogP contribution is 2.24. The molecule has 1 aromatic heterocycles. The van der Waals surface area contributed by atoms with Crippen molar-refractivity contribution < 1.29 is 26.9 Å². The Morgan fingerprint density at radius 1 is 1.03 bits per heavy atom. The van der Waals surface area contributed by atoms with Crippen molar-refractivity contribution in [3.05, 3.63) is 95.4 Å². The van der Waals surface area contributed by atoms with Gasteiger partial charge in [0.1, 0.15) is 11.6 Å². The zero-order valence-corrected chi connectivity index (χ0v) is 21.9. The van der Waals surface area contributed by atoms with Crippen LogP contribution in [0.1, 0.15) is 42.6 Å². The number of halogens is 1. The fraction of sp³-hybridized carbons (Fsp3) is 0.222. The summed E-state index contributed by atoms with van der Waals surface area (Å²) in [6.07, 6.45) is 0.512. The molecular weight excluding hydrogens is 511 g/mol. The van der Waals surface area contributed by atoms with Crippen LogP contribution in [0.15, 0.2) is 76.1 Å². The van der Waals surface area contributed by atoms with Crippen molar-refractivity contribution in [1.82, 2.24) is 10.1 Å². The SMILES string of the molecule is Cc1cc(S(=O)(=O)Nc2ccc(F)cc2)ccc1OCC(=O)Nc1ccc(Cc2noc(C(C)C)n2)cc1. The lowest BCUT2D eigenvalue weighted by molar-refractivity contribution is -0.118. The van der Waals surface area contributed by atoms with Crippen LogP contribution in [-0.2, 0) is 21.2 Å². The second-order valence-electron chi connectivity index (χ2n) is 8.95. The Balaban J connectivity index is 1.30. The molecule has 0 atom stereocenters. The maximum Gasteiger partial charge on any atom is 0.262 e. The van der Waals surface area contributed by atoms with Crippen molar-refractivity contribution in [2.24, 2.45) is 0 Å². The van der Waals surface area contributed by atoms with E-state index < -0.39 is 15.8 Å². The summed E-state index contributed by atoms with van der Waals surface area (Å²) in [4.78, 5) is 16.8. The smallest absolute Gasteiger partial charge is 0.262 e. The summed E-state index contributed by atoms with van der Waals surface area (Å²) < 4.78 is 51.6. The van der Waals surface area contributed by atoms with Crippen LogP contribution in [0.25, 0.3) is 0 Å². The van der Waals surface area contributed by atoms with Gasteiger partial charge in [0.05, 0.1) is 4.90 Å². The standard InChI is InChI=1S/C27H27FN4O5S/c1-17(2)27-30-25(31-37-27)15-19-4-8-21(9-5-19)29-26(33)16-36-24-13-12-23(14-18(24)3)38(34,35)32-22-10-6-20(28)7-11-22/h4-14,17,32H,15-16H2,1-3H3,(H,29,33). The van der Waals surface area contributed by atoms with E-state index in [4.69, 9.17) is 9.26 Å². The molecule has 0 saturated heterocycles. The predicted molar refractivity (Wildman–Crippen MR) is 140 cm³/mol. The van der Waals surface area contributed by atoms with Gasteiger partial charge in [0, 0.05) is 23.7 Å². The number of anilines is 2. The Morgan fingerprint density at radius 2 is 1.71 bits per heavy atom. The van der Waals surface area contributed by atoms with Crippen molar-refractivity contribution >= 4 is 27.3 Å². The molecule has 11 heteroatoms. The van der Waals surface area contributed by atoms with Gasteiger partial charge in [-0.3, -0.25) is 9.52 Å². The van der Waals surface area contributed by atoms with Gasteiger partial charge in [-0.2, -0.15) is 4.98 Å². The number of nitrogens with zero attached hydrogens (tertiary/aromatic N) is 2. The van der Waals surface area contributed by atoms with Gasteiger partial charge in [0.2, 0.25) is 5.89 Å². The summed E-state index contributed by atoms with van der Waals surface area (Å²) in [7, 11) is -3.88. The number of aryl methyl sites for hydroxylation is 1. The Morgan fingerprint density at radius 3 is 2.34 bits per heavy atom. The molecule has 0 aliphatic carbocycles. The Hall–Kier alpha value is -4.25. The molecule has 0 spiro atoms. The first kappa shape index (κ1) is 26.8. The molecule has 0 bridgehead atoms. The highest BCUT2D eigenvalue weighted by molar-refractivity contribution is 7.92. The zero-order chi connectivity index (χ0) is 27.3. The Kier molecular flexibility index (Phi) is 8.06. The van der Waals surface area contributed by atoms with Crippen LogP contribution in [0.4, 0.5) is 15.8 Å². The molecule has 4 rings (SSSR count). The van der Waals surface area contributed by atoms with Crippen LogP contribution in [0.2, 0.25) is 0 Å². The van der Waals surface area contributed by atoms with Crippen LogP contribution < -0.4 is 14.8 Å². The van der Waals surface area contributed by atoms with Crippen molar-refractivity contribution in [2.75, 3.05) is 16.6 Å². The lowest BCUT2D eigenvalue weighted by Crippen LogP contribution is -2.20. The predicted octanol–water partition coefficient (Wildman–Crippen LogP) is 5.05. The maximum atomic E-state index is 13.1. The lowest BCUT2D eigenvalue weighted by atomic mass is 10.1. The summed E-state index contributed by atoms with van der Waals surface area (Å²) in [6.45, 7) is 5.38. The second kappa shape index (κ2) is 11.4. The lowest BCUT2D eigenvalue weighted by Gasteiger charge is -2.12. The number of benzene rings is 3. The topological polar surface area (TPSA) is 123 Å². The fourth-order valence-corrected chi connectivity index (χ4v) is 4.63. The summed E-state index contributed by atoms with van der Waals surface area (Å²) in [5.74, 6) is 0.891. The molecule has 38 heavy (non-hydrogen) atoms. The van der Waals surface area contributed by atoms with Gasteiger partial charge in [-0.1, -0.05) is 31.1 Å². The second-order valence-corrected chi connectivity index (χ2v) is 10.6. The number of aromatic nitrogens is 2. The summed E-state index contributed by atoms with van der Waals surface area (Å²) in [5, 5.41) is 6.74. The Labute approximate surface area is 220 Å². The fourth-order valence-electron chi connectivity index (χ4n) is 3.49. The molecule has 0 unspecified atom stereocenters. The molecule has 1 heterocycles. The van der Waals surface area contributed by atoms with Gasteiger partial charge < -0.3 is 14.6 Å². The number of carbonyl (C=O) groups is 1. The number of rotatable bonds is 10. The van der Waals surface area contributed by atoms with Gasteiger partial charge in [-0.15, -0.1) is 0 Å². The van der Waals surface area contributed by atoms with E-state index in [2.05, 4.69) is 20.2 Å². The van der Waals surface area contributed by atoms with Crippen LogP contribution in [0.3, 0.4) is 0 Å². The molecule has 0 fully saturated rings. The average molecular weight is 539 g/mol. The quantitative estimate of drug-likeness (QED) is 0.290. The molecular formula is C27H27FN4O5S. The number of nitrogens with one attached hydrogen (secondary N) is 2. The van der Waals surface area contributed by atoms with E-state index in [9.17, 15) is 17.6 Å². The highest BCUT2D eigenvalue weighted by Gasteiger charge is 2.16. The van der Waals surface area contributed by atoms with E-state index in [1.54, 1.807) is 19.1 Å². The van der Waals surface area contributed by atoms with E-state index in [-0.39, 0.29) is 29.0 Å². The average Bonchev–Trinajstić information content (AvgIpc) is 3.35. The van der Waals surface area contributed by atoms with E-state index in [1.165, 1.54) is 30.3 Å². The van der Waals surface area contributed by atoms with E-state index >= 15 is 0 Å². The first-order chi connectivity index (χ1) is 18.1. The van der Waals surface area contributed by atoms with Gasteiger partial charge >= 0.3 is 0 Å². The van der Waals surface area contributed by atoms with Crippen molar-refractivity contribution in [3.63, 3.8) is 0 Å². The van der Waals surface area contributed by atoms with Crippen LogP contribution in [0, 0.1) is 12.7 Å². The number of sulfonamides is 1. The van der Waals surface area contributed by atoms with E-state index in [0.29, 0.717) is 35.1 Å². The Bertz CT molecular complexity index is 1520. The molecule has 4 aromatic rings. The van der Waals surface area contributed by atoms with E-state index in [0.717, 1.165) is 17.7 Å². The zero-order valence-electron chi connectivity index (χ0n) is 21.1. The summed E-state index contributed by atoms with van der Waals surface area (Å²) >= 11 is 0. The highest BCUT2D eigenvalue weighted by atomic mass is 32.2. The van der Waals surface area contributed by atoms with Crippen molar-refractivity contribution in [1.29, 1.82) is 0 Å². The number of amides is 1. The van der Waals surface area contributed by atoms with Crippen molar-refractivity contribution in [3.8, 4) is 5.75 Å². The van der Waals surface area contributed by atoms with Gasteiger partial charge in [0.15, 0.2) is 12.4 Å². The van der Waals surface area contributed by atoms with Crippen LogP contribution in [-0.4, -0.2) is 31.1 Å². The van der Waals surface area contributed by atoms with Gasteiger partial charge in [-0.25, -0.2) is 12.8 Å². The maximum absolute atomic E-state index is 13.1. The molecule has 9 nitrogen and oxygen atoms in total. The molecule has 3 aromatic carbocycles. The summed E-state index contributed by atoms with van der Waals surface area (Å²) in [5.41, 5.74) is 2.34. The van der Waals surface area contributed by atoms with Crippen LogP contribution in [0.5, 0.6) is 5.75 Å². The van der Waals surface area contributed by atoms with Crippen molar-refractivity contribution in [2.45, 2.75) is 38.0 Å². The molecule has 0 radical (unpaired) electrons. The first-order valence-corrected chi connectivity index (χ1v) is 13.3. The number of carbonyl (C=O) groups excluding carboxylic acids is 1. The van der Waals surface area contributed by atoms with Gasteiger partial charge in [0.25, 0.3) is 15.9 Å². The van der Waals surface area contributed by atoms with Crippen LogP contribution >= 0.6 is 0 Å². The number of hydrogen-bond acceptors (Lipinski definition) is 7. The minimum Gasteiger partial charge on any atom is -0.483 e. The number of ether oxygens (including phenoxy) is 1. The minimum absolute atomic E-state index is 0.0115. The molecule has 0 saturated carbocycles. The van der Waals surface area contributed by atoms with E-state index in [1.807, 2.05) is 26.0 Å². The minimum atomic E-state index is -3.88. The molecule has 198 valence electrons. The third-order valence-corrected chi connectivity index (χ3v) is 6.87. The van der Waals surface area contributed by atoms with Gasteiger partial charge in [-0.05, 0) is 72.6 Å². The monoisotopic (exact) mass is 538 g/mol. The number of hydrogen-bond donors (Lipinski definition) is 2. The largest absolute Gasteiger partial charge is 0.483 e. The normalized spacial score (nSPS) is 11.4. The third-order valence-electron chi connectivity index (χ3n) is 5.49. The summed E-state index contributed by atoms with van der Waals surface area (Å²) in [6, 6.07) is 16.6. The first-order valence-electron chi connectivity index (χ1n) is 11.8. The molecule has 0 aliphatic rings. The molecule has 2 N–H and O–H groups in total. The third kappa shape index (κ3) is 6.94.